The second kappa shape index (κ2) is 5.49. The molecule has 0 aliphatic rings. The van der Waals surface area contributed by atoms with E-state index in [0.29, 0.717) is 22.8 Å². The van der Waals surface area contributed by atoms with Crippen molar-refractivity contribution in [1.82, 2.24) is 29.1 Å². The lowest BCUT2D eigenvalue weighted by molar-refractivity contribution is 0.647. The van der Waals surface area contributed by atoms with E-state index >= 15 is 0 Å². The van der Waals surface area contributed by atoms with E-state index < -0.39 is 0 Å². The van der Waals surface area contributed by atoms with Crippen LogP contribution in [0.15, 0.2) is 35.4 Å². The van der Waals surface area contributed by atoms with E-state index in [-0.39, 0.29) is 5.56 Å². The number of aryl methyl sites for hydroxylation is 2. The van der Waals surface area contributed by atoms with Gasteiger partial charge in [0.2, 0.25) is 5.65 Å². The van der Waals surface area contributed by atoms with Gasteiger partial charge in [-0.1, -0.05) is 23.7 Å². The van der Waals surface area contributed by atoms with Gasteiger partial charge in [0.1, 0.15) is 5.52 Å². The second-order valence-electron chi connectivity index (χ2n) is 6.31. The molecule has 9 heteroatoms. The Morgan fingerprint density at radius 1 is 1.19 bits per heavy atom. The van der Waals surface area contributed by atoms with Crippen molar-refractivity contribution in [2.45, 2.75) is 6.54 Å². The molecule has 8 nitrogen and oxygen atoms in total. The molecule has 0 spiro atoms. The Morgan fingerprint density at radius 2 is 2.00 bits per heavy atom. The molecule has 0 saturated carbocycles. The minimum Gasteiger partial charge on any atom is -0.351 e. The van der Waals surface area contributed by atoms with Gasteiger partial charge in [0, 0.05) is 24.9 Å². The SMILES string of the molecule is [C-]#[N+]c1nc2c(s1)c1cnn(Cc3cccc4c3cnn4C)c(=O)c1n2C. The van der Waals surface area contributed by atoms with Gasteiger partial charge in [-0.15, -0.1) is 11.3 Å². The van der Waals surface area contributed by atoms with Crippen LogP contribution in [0.1, 0.15) is 5.56 Å². The van der Waals surface area contributed by atoms with Crippen LogP contribution in [0.4, 0.5) is 5.13 Å². The molecule has 4 aromatic heterocycles. The Bertz CT molecular complexity index is 1460. The maximum atomic E-state index is 13.1. The van der Waals surface area contributed by atoms with Crippen molar-refractivity contribution in [3.05, 3.63) is 57.9 Å². The Kier molecular flexibility index (Phi) is 3.20. The van der Waals surface area contributed by atoms with E-state index in [2.05, 4.69) is 20.0 Å². The van der Waals surface area contributed by atoms with Crippen molar-refractivity contribution >= 4 is 48.6 Å². The quantitative estimate of drug-likeness (QED) is 0.445. The molecule has 0 fully saturated rings. The minimum atomic E-state index is -0.176. The fourth-order valence-electron chi connectivity index (χ4n) is 3.48. The van der Waals surface area contributed by atoms with E-state index in [9.17, 15) is 4.79 Å². The van der Waals surface area contributed by atoms with Crippen molar-refractivity contribution < 1.29 is 0 Å². The number of hydrogen-bond donors (Lipinski definition) is 0. The molecule has 0 atom stereocenters. The molecule has 132 valence electrons. The summed E-state index contributed by atoms with van der Waals surface area (Å²) in [6.07, 6.45) is 3.50. The zero-order valence-corrected chi connectivity index (χ0v) is 15.4. The Balaban J connectivity index is 1.70. The summed E-state index contributed by atoms with van der Waals surface area (Å²) < 4.78 is 5.85. The summed E-state index contributed by atoms with van der Waals surface area (Å²) in [5.41, 5.74) is 3.02. The molecule has 0 aliphatic heterocycles. The van der Waals surface area contributed by atoms with E-state index in [4.69, 9.17) is 6.57 Å². The van der Waals surface area contributed by atoms with Crippen LogP contribution in [0.25, 0.3) is 37.0 Å². The number of hydrogen-bond acceptors (Lipinski definition) is 5. The van der Waals surface area contributed by atoms with Crippen LogP contribution in [-0.2, 0) is 20.6 Å². The van der Waals surface area contributed by atoms with Gasteiger partial charge in [-0.2, -0.15) is 10.2 Å². The highest BCUT2D eigenvalue weighted by atomic mass is 32.1. The molecule has 5 aromatic rings. The highest BCUT2D eigenvalue weighted by Crippen LogP contribution is 2.34. The Hall–Kier alpha value is -3.51. The van der Waals surface area contributed by atoms with Gasteiger partial charge >= 0.3 is 5.13 Å². The summed E-state index contributed by atoms with van der Waals surface area (Å²) in [6.45, 7) is 7.50. The van der Waals surface area contributed by atoms with Gasteiger partial charge < -0.3 is 9.41 Å². The Labute approximate surface area is 156 Å². The lowest BCUT2D eigenvalue weighted by Crippen LogP contribution is -2.24. The maximum Gasteiger partial charge on any atom is 0.331 e. The number of nitrogens with zero attached hydrogens (tertiary/aromatic N) is 7. The number of benzene rings is 1. The summed E-state index contributed by atoms with van der Waals surface area (Å²) in [5.74, 6) is 0. The number of fused-ring (bicyclic) bond motifs is 4. The molecule has 1 aromatic carbocycles. The summed E-state index contributed by atoms with van der Waals surface area (Å²) in [6, 6.07) is 5.93. The molecule has 0 saturated heterocycles. The maximum absolute atomic E-state index is 13.1. The number of thiazole rings is 1. The van der Waals surface area contributed by atoms with Crippen LogP contribution in [-0.4, -0.2) is 29.1 Å². The molecular formula is C18H13N7OS. The lowest BCUT2D eigenvalue weighted by Gasteiger charge is -2.07. The highest BCUT2D eigenvalue weighted by Gasteiger charge is 2.20. The van der Waals surface area contributed by atoms with Gasteiger partial charge in [0.25, 0.3) is 5.56 Å². The predicted octanol–water partition coefficient (Wildman–Crippen LogP) is 2.83. The third kappa shape index (κ3) is 2.14. The van der Waals surface area contributed by atoms with Crippen molar-refractivity contribution in [3.8, 4) is 0 Å². The highest BCUT2D eigenvalue weighted by molar-refractivity contribution is 7.23. The summed E-state index contributed by atoms with van der Waals surface area (Å²) in [7, 11) is 3.69. The van der Waals surface area contributed by atoms with Gasteiger partial charge in [0.15, 0.2) is 0 Å². The smallest absolute Gasteiger partial charge is 0.331 e. The van der Waals surface area contributed by atoms with E-state index in [1.807, 2.05) is 36.1 Å². The average Bonchev–Trinajstić information content (AvgIpc) is 3.33. The van der Waals surface area contributed by atoms with Crippen LogP contribution in [0.3, 0.4) is 0 Å². The fraction of sp³-hybridized carbons (Fsp3) is 0.167. The molecule has 0 radical (unpaired) electrons. The van der Waals surface area contributed by atoms with Crippen LogP contribution in [0.5, 0.6) is 0 Å². The summed E-state index contributed by atoms with van der Waals surface area (Å²) in [5, 5.41) is 10.8. The third-order valence-corrected chi connectivity index (χ3v) is 5.78. The van der Waals surface area contributed by atoms with Crippen molar-refractivity contribution in [2.75, 3.05) is 0 Å². The first-order valence-corrected chi connectivity index (χ1v) is 9.02. The first-order chi connectivity index (χ1) is 13.1. The molecule has 0 unspecified atom stereocenters. The normalized spacial score (nSPS) is 11.6. The van der Waals surface area contributed by atoms with E-state index in [1.165, 1.54) is 16.0 Å². The number of rotatable bonds is 2. The molecule has 27 heavy (non-hydrogen) atoms. The van der Waals surface area contributed by atoms with Gasteiger partial charge in [-0.3, -0.25) is 9.48 Å². The summed E-state index contributed by atoms with van der Waals surface area (Å²) >= 11 is 1.29. The van der Waals surface area contributed by atoms with Gasteiger partial charge in [-0.25, -0.2) is 4.68 Å². The van der Waals surface area contributed by atoms with Gasteiger partial charge in [0.05, 0.1) is 29.2 Å². The summed E-state index contributed by atoms with van der Waals surface area (Å²) in [4.78, 5) is 20.8. The standard InChI is InChI=1S/C18H13N7OS/c1-19-18-22-16-15(27-18)12-8-21-25(17(26)14(12)23(16)2)9-10-5-4-6-13-11(10)7-20-24(13)3/h4-8H,9H2,2-3H3. The van der Waals surface area contributed by atoms with Crippen molar-refractivity contribution in [2.24, 2.45) is 14.1 Å². The molecule has 4 heterocycles. The molecule has 0 N–H and O–H groups in total. The lowest BCUT2D eigenvalue weighted by atomic mass is 10.1. The van der Waals surface area contributed by atoms with Crippen molar-refractivity contribution in [1.29, 1.82) is 0 Å². The second-order valence-corrected chi connectivity index (χ2v) is 7.29. The predicted molar refractivity (Wildman–Crippen MR) is 104 cm³/mol. The largest absolute Gasteiger partial charge is 0.351 e. The van der Waals surface area contributed by atoms with Crippen LogP contribution in [0.2, 0.25) is 0 Å². The first kappa shape index (κ1) is 15.7. The average molecular weight is 375 g/mol. The monoisotopic (exact) mass is 375 g/mol. The minimum absolute atomic E-state index is 0.176. The topological polar surface area (TPSA) is 74.9 Å². The molecular weight excluding hydrogens is 362 g/mol. The third-order valence-electron chi connectivity index (χ3n) is 4.81. The van der Waals surface area contributed by atoms with Crippen molar-refractivity contribution in [3.63, 3.8) is 0 Å². The molecule has 0 amide bonds. The molecule has 5 rings (SSSR count). The van der Waals surface area contributed by atoms with Crippen LogP contribution < -0.4 is 5.56 Å². The first-order valence-electron chi connectivity index (χ1n) is 8.20. The van der Waals surface area contributed by atoms with E-state index in [1.54, 1.807) is 17.8 Å². The fourth-order valence-corrected chi connectivity index (χ4v) is 4.37. The van der Waals surface area contributed by atoms with Crippen LogP contribution >= 0.6 is 11.3 Å². The molecule has 0 aliphatic carbocycles. The molecule has 0 bridgehead atoms. The zero-order valence-electron chi connectivity index (χ0n) is 14.5. The Morgan fingerprint density at radius 3 is 2.81 bits per heavy atom. The van der Waals surface area contributed by atoms with Gasteiger partial charge in [-0.05, 0) is 11.6 Å². The van der Waals surface area contributed by atoms with E-state index in [0.717, 1.165) is 26.6 Å². The number of aromatic nitrogens is 6. The van der Waals surface area contributed by atoms with Crippen LogP contribution in [0, 0.1) is 6.57 Å². The zero-order chi connectivity index (χ0) is 18.7.